The van der Waals surface area contributed by atoms with E-state index in [-0.39, 0.29) is 31.9 Å². The van der Waals surface area contributed by atoms with Gasteiger partial charge in [-0.2, -0.15) is 0 Å². The van der Waals surface area contributed by atoms with Crippen molar-refractivity contribution >= 4 is 44.6 Å². The summed E-state index contributed by atoms with van der Waals surface area (Å²) in [5.41, 5.74) is -1.56. The monoisotopic (exact) mass is 713 g/mol. The van der Waals surface area contributed by atoms with Crippen LogP contribution >= 0.6 is 0 Å². The van der Waals surface area contributed by atoms with Gasteiger partial charge in [0.2, 0.25) is 27.7 Å². The molecule has 270 valence electrons. The van der Waals surface area contributed by atoms with E-state index in [1.807, 2.05) is 12.1 Å². The minimum absolute atomic E-state index is 0.0161. The Bertz CT molecular complexity index is 1810. The zero-order valence-corrected chi connectivity index (χ0v) is 29.0. The zero-order valence-electron chi connectivity index (χ0n) is 28.2. The highest BCUT2D eigenvalue weighted by molar-refractivity contribution is 7.91. The van der Waals surface area contributed by atoms with Crippen molar-refractivity contribution in [1.29, 1.82) is 0 Å². The van der Waals surface area contributed by atoms with E-state index >= 15 is 0 Å². The molecule has 3 fully saturated rings. The van der Waals surface area contributed by atoms with Crippen LogP contribution in [0.4, 0.5) is 4.79 Å². The van der Waals surface area contributed by atoms with Crippen LogP contribution in [-0.4, -0.2) is 102 Å². The number of sulfonamides is 1. The molecule has 50 heavy (non-hydrogen) atoms. The number of methoxy groups -OCH3 is 1. The van der Waals surface area contributed by atoms with Crippen LogP contribution in [0.2, 0.25) is 0 Å². The Labute approximate surface area is 290 Å². The molecule has 0 spiro atoms. The van der Waals surface area contributed by atoms with Crippen molar-refractivity contribution in [1.82, 2.24) is 25.2 Å². The van der Waals surface area contributed by atoms with Crippen LogP contribution in [0.5, 0.6) is 11.6 Å². The second-order valence-corrected chi connectivity index (χ2v) is 15.9. The highest BCUT2D eigenvalue weighted by Gasteiger charge is 2.63. The maximum absolute atomic E-state index is 14.3. The lowest BCUT2D eigenvalue weighted by Crippen LogP contribution is -2.60. The van der Waals surface area contributed by atoms with Crippen molar-refractivity contribution in [3.05, 3.63) is 42.6 Å². The number of carboxylic acid groups (broad SMARTS) is 1. The van der Waals surface area contributed by atoms with E-state index in [1.165, 1.54) is 4.90 Å². The second kappa shape index (κ2) is 13.7. The van der Waals surface area contributed by atoms with Gasteiger partial charge in [0.05, 0.1) is 24.5 Å². The quantitative estimate of drug-likeness (QED) is 0.292. The van der Waals surface area contributed by atoms with Gasteiger partial charge in [-0.15, -0.1) is 0 Å². The Morgan fingerprint density at radius 3 is 2.70 bits per heavy atom. The molecule has 4 N–H and O–H groups in total. The van der Waals surface area contributed by atoms with E-state index < -0.39 is 74.3 Å². The first-order valence-corrected chi connectivity index (χ1v) is 18.4. The summed E-state index contributed by atoms with van der Waals surface area (Å²) in [4.78, 5) is 59.8. The summed E-state index contributed by atoms with van der Waals surface area (Å²) in [5.74, 6) is -1.81. The van der Waals surface area contributed by atoms with Gasteiger partial charge < -0.3 is 34.9 Å². The third-order valence-corrected chi connectivity index (χ3v) is 12.4. The molecular formula is C34H43N5O10S. The number of nitrogens with zero attached hydrogens (tertiary/aromatic N) is 2. The number of nitrogens with one attached hydrogen (secondary N) is 3. The molecule has 15 nitrogen and oxygen atoms in total. The lowest BCUT2D eigenvalue weighted by molar-refractivity contribution is -0.144. The molecule has 1 saturated heterocycles. The summed E-state index contributed by atoms with van der Waals surface area (Å²) >= 11 is 0. The Balaban J connectivity index is 1.33. The van der Waals surface area contributed by atoms with Gasteiger partial charge in [-0.25, -0.2) is 18.2 Å². The van der Waals surface area contributed by atoms with Crippen LogP contribution in [0.15, 0.2) is 42.6 Å². The van der Waals surface area contributed by atoms with Gasteiger partial charge >= 0.3 is 6.09 Å². The standard InChI is InChI=1S/C34H43N5O10S/c1-4-26-27(36-32(43)44)30(41)39-19-23(49-29-24-10-9-22(47-3)16-20(24)11-14-35-29)17-25(39)28(40)37-34(18-21(34)8-6-5-7-15-48-26)31(42)38-50(45,46)33(2)12-13-33/h6,8-11,14,16,21,23,25-27,36H,4-5,7,12-13,15,17-19H2,1-3H3,(H,37,40)(H,38,42)(H,43,44)/b8-6-/t21?,23-,25+,26+,27+,34?/m1/s1. The molecule has 6 atom stereocenters. The Morgan fingerprint density at radius 2 is 2.00 bits per heavy atom. The van der Waals surface area contributed by atoms with Crippen LogP contribution in [0.25, 0.3) is 10.8 Å². The average molecular weight is 714 g/mol. The number of pyridine rings is 1. The molecule has 1 aromatic heterocycles. The zero-order chi connectivity index (χ0) is 35.8. The van der Waals surface area contributed by atoms with E-state index in [0.29, 0.717) is 43.2 Å². The number of rotatable bonds is 8. The predicted octanol–water partition coefficient (Wildman–Crippen LogP) is 2.25. The summed E-state index contributed by atoms with van der Waals surface area (Å²) in [6.07, 6.45) is 4.57. The molecule has 2 aliphatic carbocycles. The summed E-state index contributed by atoms with van der Waals surface area (Å²) in [7, 11) is -2.45. The maximum atomic E-state index is 14.3. The minimum atomic E-state index is -4.00. The Morgan fingerprint density at radius 1 is 1.22 bits per heavy atom. The predicted molar refractivity (Wildman–Crippen MR) is 180 cm³/mol. The molecule has 4 amide bonds. The fourth-order valence-electron chi connectivity index (χ4n) is 6.72. The van der Waals surface area contributed by atoms with Gasteiger partial charge in [-0.3, -0.25) is 19.1 Å². The molecule has 2 aliphatic heterocycles. The number of amides is 4. The minimum Gasteiger partial charge on any atom is -0.497 e. The fraction of sp³-hybridized carbons (Fsp3) is 0.559. The maximum Gasteiger partial charge on any atom is 0.405 e. The molecule has 2 saturated carbocycles. The lowest BCUT2D eigenvalue weighted by atomic mass is 10.1. The number of hydrogen-bond donors (Lipinski definition) is 4. The molecule has 0 bridgehead atoms. The molecule has 1 aromatic carbocycles. The van der Waals surface area contributed by atoms with E-state index in [2.05, 4.69) is 20.3 Å². The first-order chi connectivity index (χ1) is 23.8. The molecule has 6 rings (SSSR count). The fourth-order valence-corrected chi connectivity index (χ4v) is 8.03. The van der Waals surface area contributed by atoms with Gasteiger partial charge in [0.25, 0.3) is 5.91 Å². The van der Waals surface area contributed by atoms with Gasteiger partial charge in [0.1, 0.15) is 29.5 Å². The van der Waals surface area contributed by atoms with Crippen molar-refractivity contribution in [2.24, 2.45) is 5.92 Å². The number of hydrogen-bond acceptors (Lipinski definition) is 10. The molecular weight excluding hydrogens is 670 g/mol. The van der Waals surface area contributed by atoms with Crippen LogP contribution < -0.4 is 24.8 Å². The molecule has 16 heteroatoms. The SMILES string of the molecule is CC[C@@H]1OCCC/C=C\C2CC2(C(=O)NS(=O)(=O)C2(C)CC2)NC(=O)[C@@H]2C[C@@H](Oc3nccc4cc(OC)ccc34)CN2C(=O)[C@H]1NC(=O)O. The average Bonchev–Trinajstić information content (AvgIpc) is 3.96. The summed E-state index contributed by atoms with van der Waals surface area (Å²) in [6.45, 7) is 3.46. The Hall–Kier alpha value is -4.44. The normalized spacial score (nSPS) is 30.1. The highest BCUT2D eigenvalue weighted by atomic mass is 32.2. The van der Waals surface area contributed by atoms with E-state index in [1.54, 1.807) is 51.4 Å². The molecule has 2 aromatic rings. The largest absolute Gasteiger partial charge is 0.497 e. The topological polar surface area (TPSA) is 203 Å². The number of ether oxygens (including phenoxy) is 3. The molecule has 3 heterocycles. The first-order valence-electron chi connectivity index (χ1n) is 16.9. The van der Waals surface area contributed by atoms with Gasteiger partial charge in [-0.05, 0) is 75.1 Å². The summed E-state index contributed by atoms with van der Waals surface area (Å²) in [6, 6.07) is 4.62. The molecule has 4 aliphatic rings. The van der Waals surface area contributed by atoms with Crippen molar-refractivity contribution in [3.8, 4) is 11.6 Å². The van der Waals surface area contributed by atoms with Crippen LogP contribution in [0.1, 0.15) is 58.8 Å². The number of carbonyl (C=O) groups excluding carboxylic acids is 3. The first kappa shape index (κ1) is 35.4. The number of benzene rings is 1. The third kappa shape index (κ3) is 6.95. The smallest absolute Gasteiger partial charge is 0.405 e. The highest BCUT2D eigenvalue weighted by Crippen LogP contribution is 2.47. The number of fused-ring (bicyclic) bond motifs is 3. The number of aromatic nitrogens is 1. The van der Waals surface area contributed by atoms with Crippen LogP contribution in [0, 0.1) is 5.92 Å². The van der Waals surface area contributed by atoms with E-state index in [9.17, 15) is 32.7 Å². The van der Waals surface area contributed by atoms with Crippen LogP contribution in [-0.2, 0) is 29.1 Å². The van der Waals surface area contributed by atoms with E-state index in [4.69, 9.17) is 14.2 Å². The lowest BCUT2D eigenvalue weighted by Gasteiger charge is -2.32. The van der Waals surface area contributed by atoms with Crippen molar-refractivity contribution in [3.63, 3.8) is 0 Å². The van der Waals surface area contributed by atoms with Crippen molar-refractivity contribution in [2.45, 2.75) is 93.4 Å². The Kier molecular flexibility index (Phi) is 9.70. The summed E-state index contributed by atoms with van der Waals surface area (Å²) < 4.78 is 44.9. The molecule has 2 unspecified atom stereocenters. The van der Waals surface area contributed by atoms with Gasteiger partial charge in [0, 0.05) is 30.5 Å². The molecule has 0 radical (unpaired) electrons. The number of allylic oxidation sites excluding steroid dienone is 1. The second-order valence-electron chi connectivity index (χ2n) is 13.7. The summed E-state index contributed by atoms with van der Waals surface area (Å²) in [5, 5.41) is 16.3. The third-order valence-electron chi connectivity index (χ3n) is 10.2. The number of carbonyl (C=O) groups is 4. The van der Waals surface area contributed by atoms with Crippen LogP contribution in [0.3, 0.4) is 0 Å². The van der Waals surface area contributed by atoms with Crippen molar-refractivity contribution in [2.75, 3.05) is 20.3 Å². The van der Waals surface area contributed by atoms with Gasteiger partial charge in [0.15, 0.2) is 0 Å². The van der Waals surface area contributed by atoms with E-state index in [0.717, 1.165) is 5.39 Å². The van der Waals surface area contributed by atoms with Gasteiger partial charge in [-0.1, -0.05) is 19.1 Å². The van der Waals surface area contributed by atoms with Crippen molar-refractivity contribution < 1.29 is 46.9 Å².